The highest BCUT2D eigenvalue weighted by Gasteiger charge is 2.65. The van der Waals surface area contributed by atoms with Gasteiger partial charge in [0.25, 0.3) is 5.69 Å². The Kier molecular flexibility index (Phi) is 23.8. The Morgan fingerprint density at radius 3 is 2.29 bits per heavy atom. The number of unbranched alkanes of at least 4 members (excludes halogenated alkanes) is 11. The lowest BCUT2D eigenvalue weighted by Gasteiger charge is -2.60. The third-order valence-corrected chi connectivity index (χ3v) is 13.8. The number of aliphatic hydroxyl groups is 3. The van der Waals surface area contributed by atoms with Gasteiger partial charge in [0, 0.05) is 62.4 Å². The van der Waals surface area contributed by atoms with Gasteiger partial charge in [0.2, 0.25) is 11.7 Å². The average Bonchev–Trinajstić information content (AvgIpc) is 3.36. The highest BCUT2D eigenvalue weighted by Crippen LogP contribution is 2.62. The number of benzene rings is 2. The molecule has 0 radical (unpaired) electrons. The first-order chi connectivity index (χ1) is 34.2. The number of allylic oxidation sites excluding steroid dienone is 1. The van der Waals surface area contributed by atoms with Gasteiger partial charge in [-0.1, -0.05) is 94.9 Å². The standard InChI is InChI=1S/C54H78N4O12/c1-4-6-7-8-9-10-11-12-13-16-29-55-53(63)69-43-26-27-48-46(38-43)51-44(20-15-18-32-60)41(19-14-17-31-59)37-45-47(56-66-3)39-49(54(70-48,52(45)51)68-34-5-2)57(30-35-67-36-33-61)50(62)28-23-40-21-24-42(25-22-40)58(64)65/h5,21-28,37-38,41,44,49,51-52,59-61H,2,4,6-20,29-36,39H2,1,3H3,(H,55,63)/t41-,44+,49-,51+,52+,54+/m0/s1. The zero-order valence-electron chi connectivity index (χ0n) is 41.5. The van der Waals surface area contributed by atoms with Gasteiger partial charge in [-0.3, -0.25) is 14.9 Å². The van der Waals surface area contributed by atoms with Crippen molar-refractivity contribution in [2.45, 2.75) is 134 Å². The molecule has 3 aliphatic rings. The van der Waals surface area contributed by atoms with E-state index >= 15 is 0 Å². The van der Waals surface area contributed by atoms with Crippen LogP contribution in [0.25, 0.3) is 6.08 Å². The molecule has 2 amide bonds. The predicted molar refractivity (Wildman–Crippen MR) is 270 cm³/mol. The molecule has 6 atom stereocenters. The molecule has 16 heteroatoms. The van der Waals surface area contributed by atoms with E-state index in [1.54, 1.807) is 41.3 Å². The van der Waals surface area contributed by atoms with Gasteiger partial charge < -0.3 is 49.3 Å². The maximum Gasteiger partial charge on any atom is 0.412 e. The van der Waals surface area contributed by atoms with Crippen molar-refractivity contribution in [3.63, 3.8) is 0 Å². The molecule has 2 aromatic rings. The Labute approximate surface area is 414 Å². The van der Waals surface area contributed by atoms with E-state index in [0.29, 0.717) is 48.6 Å². The first kappa shape index (κ1) is 55.8. The second-order valence-corrected chi connectivity index (χ2v) is 18.5. The molecule has 2 aromatic carbocycles. The van der Waals surface area contributed by atoms with Gasteiger partial charge in [0.05, 0.1) is 43.0 Å². The van der Waals surface area contributed by atoms with Gasteiger partial charge in [-0.15, -0.1) is 6.58 Å². The van der Waals surface area contributed by atoms with Gasteiger partial charge in [0.1, 0.15) is 24.7 Å². The average molecular weight is 975 g/mol. The minimum atomic E-state index is -1.56. The van der Waals surface area contributed by atoms with Crippen LogP contribution in [-0.4, -0.2) is 115 Å². The number of nitrogens with one attached hydrogen (secondary N) is 1. The summed E-state index contributed by atoms with van der Waals surface area (Å²) in [5.74, 6) is -2.16. The van der Waals surface area contributed by atoms with Crippen LogP contribution in [0.5, 0.6) is 11.5 Å². The van der Waals surface area contributed by atoms with Crippen molar-refractivity contribution >= 4 is 29.5 Å². The Balaban J connectivity index is 1.56. The summed E-state index contributed by atoms with van der Waals surface area (Å²) in [6, 6.07) is 10.4. The number of hydrogen-bond donors (Lipinski definition) is 4. The number of non-ortho nitro benzene ring substituents is 1. The Hall–Kier alpha value is -5.13. The SMILES string of the molecule is C=CCO[C@@]12Oc3ccc(OC(=O)NCCCCCCCCCCCC)cc3[C@H]3[C@H](CCCCO)[C@@H](CCCCO)C=C(C(=NOC)C[C@@H]1N(CCOCCO)C(=O)C=Cc1ccc([N+](=O)[O-])cc1)[C@H]32. The summed E-state index contributed by atoms with van der Waals surface area (Å²) >= 11 is 0. The fourth-order valence-electron chi connectivity index (χ4n) is 10.5. The molecule has 1 heterocycles. The van der Waals surface area contributed by atoms with Crippen molar-refractivity contribution < 1.29 is 53.6 Å². The van der Waals surface area contributed by atoms with Crippen molar-refractivity contribution in [2.24, 2.45) is 22.9 Å². The zero-order valence-corrected chi connectivity index (χ0v) is 41.5. The number of carbonyl (C=O) groups is 2. The lowest BCUT2D eigenvalue weighted by atomic mass is 9.55. The van der Waals surface area contributed by atoms with Crippen molar-refractivity contribution in [1.29, 1.82) is 0 Å². The quantitative estimate of drug-likeness (QED) is 0.0173. The topological polar surface area (TPSA) is 212 Å². The molecular weight excluding hydrogens is 897 g/mol. The van der Waals surface area contributed by atoms with E-state index in [9.17, 15) is 35.0 Å². The van der Waals surface area contributed by atoms with Crippen LogP contribution in [0.4, 0.5) is 10.5 Å². The van der Waals surface area contributed by atoms with E-state index in [-0.39, 0.29) is 76.0 Å². The van der Waals surface area contributed by atoms with E-state index in [0.717, 1.165) is 49.7 Å². The molecule has 1 saturated carbocycles. The van der Waals surface area contributed by atoms with Crippen LogP contribution < -0.4 is 14.8 Å². The molecule has 386 valence electrons. The molecule has 4 N–H and O–H groups in total. The van der Waals surface area contributed by atoms with E-state index in [1.165, 1.54) is 70.3 Å². The number of oxime groups is 1. The molecule has 70 heavy (non-hydrogen) atoms. The minimum Gasteiger partial charge on any atom is -0.459 e. The maximum atomic E-state index is 14.8. The normalized spacial score (nSPS) is 21.9. The van der Waals surface area contributed by atoms with Crippen molar-refractivity contribution in [2.75, 3.05) is 59.8 Å². The zero-order chi connectivity index (χ0) is 50.1. The Morgan fingerprint density at radius 1 is 0.929 bits per heavy atom. The summed E-state index contributed by atoms with van der Waals surface area (Å²) in [7, 11) is 1.48. The van der Waals surface area contributed by atoms with E-state index in [2.05, 4.69) is 30.1 Å². The third kappa shape index (κ3) is 15.4. The number of carbonyl (C=O) groups excluding carboxylic acids is 2. The van der Waals surface area contributed by atoms with Gasteiger partial charge in [-0.2, -0.15) is 0 Å². The fraction of sp³-hybridized carbons (Fsp3) is 0.611. The number of hydrogen-bond acceptors (Lipinski definition) is 13. The number of aliphatic hydroxyl groups excluding tert-OH is 3. The summed E-state index contributed by atoms with van der Waals surface area (Å²) in [6.45, 7) is 6.83. The lowest BCUT2D eigenvalue weighted by molar-refractivity contribution is -0.384. The molecule has 0 saturated heterocycles. The second-order valence-electron chi connectivity index (χ2n) is 18.5. The van der Waals surface area contributed by atoms with Gasteiger partial charge >= 0.3 is 6.09 Å². The van der Waals surface area contributed by atoms with Crippen molar-refractivity contribution in [3.05, 3.63) is 94.1 Å². The van der Waals surface area contributed by atoms with E-state index in [1.807, 2.05) is 6.07 Å². The molecule has 0 aromatic heterocycles. The number of nitrogens with zero attached hydrogens (tertiary/aromatic N) is 3. The number of ether oxygens (including phenoxy) is 4. The molecule has 5 rings (SSSR count). The molecule has 0 spiro atoms. The van der Waals surface area contributed by atoms with Crippen LogP contribution in [0.3, 0.4) is 0 Å². The maximum absolute atomic E-state index is 14.8. The van der Waals surface area contributed by atoms with Gasteiger partial charge in [-0.25, -0.2) is 4.79 Å². The highest BCUT2D eigenvalue weighted by atomic mass is 16.7. The Morgan fingerprint density at radius 2 is 1.63 bits per heavy atom. The van der Waals surface area contributed by atoms with Crippen molar-refractivity contribution in [3.8, 4) is 11.5 Å². The molecule has 2 aliphatic carbocycles. The molecular formula is C54H78N4O12. The summed E-state index contributed by atoms with van der Waals surface area (Å²) < 4.78 is 26.0. The van der Waals surface area contributed by atoms with Gasteiger partial charge in [-0.05, 0) is 91.5 Å². The van der Waals surface area contributed by atoms with Crippen molar-refractivity contribution in [1.82, 2.24) is 10.2 Å². The number of fused-ring (bicyclic) bond motifs is 2. The van der Waals surface area contributed by atoms with Crippen LogP contribution in [-0.2, 0) is 19.1 Å². The van der Waals surface area contributed by atoms with Crippen LogP contribution in [0, 0.1) is 27.9 Å². The first-order valence-corrected chi connectivity index (χ1v) is 25.6. The molecule has 1 aliphatic heterocycles. The molecule has 0 bridgehead atoms. The first-order valence-electron chi connectivity index (χ1n) is 25.6. The summed E-state index contributed by atoms with van der Waals surface area (Å²) in [4.78, 5) is 46.2. The van der Waals surface area contributed by atoms with Crippen LogP contribution in [0.15, 0.2) is 78.0 Å². The fourth-order valence-corrected chi connectivity index (χ4v) is 10.5. The van der Waals surface area contributed by atoms with E-state index in [4.69, 9.17) is 23.8 Å². The van der Waals surface area contributed by atoms with Gasteiger partial charge in [0.15, 0.2) is 0 Å². The second kappa shape index (κ2) is 29.9. The number of rotatable bonds is 33. The summed E-state index contributed by atoms with van der Waals surface area (Å²) in [5.41, 5.74) is 2.74. The monoisotopic (exact) mass is 975 g/mol. The number of amides is 2. The smallest absolute Gasteiger partial charge is 0.412 e. The Bertz CT molecular complexity index is 2040. The number of nitro benzene ring substituents is 1. The number of nitro groups is 1. The molecule has 0 unspecified atom stereocenters. The molecule has 16 nitrogen and oxygen atoms in total. The lowest BCUT2D eigenvalue weighted by Crippen LogP contribution is -2.70. The third-order valence-electron chi connectivity index (χ3n) is 13.8. The molecule has 1 fully saturated rings. The summed E-state index contributed by atoms with van der Waals surface area (Å²) in [6.07, 6.45) is 22.5. The predicted octanol–water partition coefficient (Wildman–Crippen LogP) is 9.42. The van der Waals surface area contributed by atoms with E-state index < -0.39 is 34.7 Å². The minimum absolute atomic E-state index is 0.00803. The largest absolute Gasteiger partial charge is 0.459 e. The summed E-state index contributed by atoms with van der Waals surface area (Å²) in [5, 5.41) is 48.4. The van der Waals surface area contributed by atoms with Crippen LogP contribution in [0.1, 0.15) is 133 Å². The van der Waals surface area contributed by atoms with Crippen LogP contribution in [0.2, 0.25) is 0 Å². The van der Waals surface area contributed by atoms with Crippen LogP contribution >= 0.6 is 0 Å². The highest BCUT2D eigenvalue weighted by molar-refractivity contribution is 6.03.